The van der Waals surface area contributed by atoms with Crippen molar-refractivity contribution < 1.29 is 5.11 Å². The van der Waals surface area contributed by atoms with Crippen LogP contribution in [0.2, 0.25) is 0 Å². The lowest BCUT2D eigenvalue weighted by atomic mass is 10.6. The van der Waals surface area contributed by atoms with Crippen molar-refractivity contribution in [3.63, 3.8) is 0 Å². The van der Waals surface area contributed by atoms with E-state index in [-0.39, 0.29) is 0 Å². The molecule has 0 aliphatic heterocycles. The maximum atomic E-state index is 11.2. The van der Waals surface area contributed by atoms with Crippen molar-refractivity contribution in [3.05, 3.63) is 31.5 Å². The van der Waals surface area contributed by atoms with Crippen molar-refractivity contribution in [2.24, 2.45) is 0 Å². The van der Waals surface area contributed by atoms with Gasteiger partial charge >= 0.3 is 17.1 Å². The molecule has 0 amide bonds. The van der Waals surface area contributed by atoms with E-state index in [2.05, 4.69) is 37.9 Å². The molecule has 0 saturated carbocycles. The molecule has 0 saturated heterocycles. The Bertz CT molecular complexity index is 490. The molecule has 1 heterocycles. The molecule has 15 heavy (non-hydrogen) atoms. The Balaban J connectivity index is 3.47. The molecule has 0 spiro atoms. The molecule has 0 radical (unpaired) electrons. The number of thiol groups is 3. The number of nitrogens with one attached hydrogen (secondary N) is 2. The van der Waals surface area contributed by atoms with Crippen molar-refractivity contribution in [2.45, 2.75) is 9.64 Å². The molecule has 0 aromatic carbocycles. The Morgan fingerprint density at radius 3 is 1.93 bits per heavy atom. The van der Waals surface area contributed by atoms with Gasteiger partial charge in [-0.3, -0.25) is 9.97 Å². The molecule has 1 unspecified atom stereocenters. The standard InChI is InChI=1S/C5H7N3O4S3/c9-2-6-3(10)8(4(11)7-2)1(13)5(12,14)15/h1,12-15H,(H2,6,7,9,10,11). The van der Waals surface area contributed by atoms with E-state index in [0.29, 0.717) is 4.57 Å². The molecule has 0 aliphatic rings. The Morgan fingerprint density at radius 1 is 1.20 bits per heavy atom. The van der Waals surface area contributed by atoms with Gasteiger partial charge in [0.05, 0.1) is 0 Å². The van der Waals surface area contributed by atoms with Crippen LogP contribution in [-0.4, -0.2) is 23.9 Å². The second-order valence-electron chi connectivity index (χ2n) is 2.62. The van der Waals surface area contributed by atoms with Gasteiger partial charge in [-0.15, -0.1) is 37.9 Å². The van der Waals surface area contributed by atoms with E-state index < -0.39 is 26.7 Å². The van der Waals surface area contributed by atoms with Gasteiger partial charge in [-0.1, -0.05) is 0 Å². The summed E-state index contributed by atoms with van der Waals surface area (Å²) < 4.78 is -1.51. The number of hydrogen-bond acceptors (Lipinski definition) is 7. The summed E-state index contributed by atoms with van der Waals surface area (Å²) >= 11 is 11.0. The number of nitrogens with zero attached hydrogens (tertiary/aromatic N) is 1. The number of aromatic nitrogens is 3. The van der Waals surface area contributed by atoms with Crippen LogP contribution in [0.4, 0.5) is 0 Å². The highest BCUT2D eigenvalue weighted by Crippen LogP contribution is 2.30. The van der Waals surface area contributed by atoms with Gasteiger partial charge in [-0.2, -0.15) is 0 Å². The van der Waals surface area contributed by atoms with E-state index in [1.807, 2.05) is 0 Å². The first-order chi connectivity index (χ1) is 6.73. The van der Waals surface area contributed by atoms with Gasteiger partial charge in [0.15, 0.2) is 4.27 Å². The topological polar surface area (TPSA) is 108 Å². The first-order valence-corrected chi connectivity index (χ1v) is 4.95. The SMILES string of the molecule is O=c1[nH]c(=O)n(C(S)C(O)(S)S)c(=O)[nH]1. The zero-order valence-corrected chi connectivity index (χ0v) is 9.72. The number of hydrogen-bond donors (Lipinski definition) is 6. The molecule has 84 valence electrons. The lowest BCUT2D eigenvalue weighted by molar-refractivity contribution is 0.203. The van der Waals surface area contributed by atoms with Crippen LogP contribution in [0.3, 0.4) is 0 Å². The summed E-state index contributed by atoms with van der Waals surface area (Å²) in [7, 11) is 0. The van der Waals surface area contributed by atoms with E-state index in [0.717, 1.165) is 0 Å². The molecule has 1 rings (SSSR count). The molecule has 1 aromatic heterocycles. The second kappa shape index (κ2) is 4.12. The van der Waals surface area contributed by atoms with Crippen LogP contribution in [0.5, 0.6) is 0 Å². The minimum atomic E-state index is -1.99. The monoisotopic (exact) mass is 269 g/mol. The summed E-state index contributed by atoms with van der Waals surface area (Å²) in [4.78, 5) is 36.7. The summed E-state index contributed by atoms with van der Waals surface area (Å²) in [5.41, 5.74) is -2.96. The minimum absolute atomic E-state index is 0.477. The highest BCUT2D eigenvalue weighted by molar-refractivity contribution is 8.01. The van der Waals surface area contributed by atoms with Gasteiger partial charge in [0.25, 0.3) is 0 Å². The van der Waals surface area contributed by atoms with E-state index in [9.17, 15) is 19.5 Å². The molecule has 1 atom stereocenters. The molecule has 0 aliphatic carbocycles. The van der Waals surface area contributed by atoms with Crippen LogP contribution in [0.25, 0.3) is 0 Å². The van der Waals surface area contributed by atoms with E-state index in [1.54, 1.807) is 9.97 Å². The predicted octanol–water partition coefficient (Wildman–Crippen LogP) is -1.84. The van der Waals surface area contributed by atoms with Gasteiger partial charge in [-0.25, -0.2) is 19.0 Å². The normalized spacial score (nSPS) is 13.9. The third kappa shape index (κ3) is 2.71. The van der Waals surface area contributed by atoms with Crippen LogP contribution < -0.4 is 17.1 Å². The average Bonchev–Trinajstić information content (AvgIpc) is 1.99. The summed E-state index contributed by atoms with van der Waals surface area (Å²) in [6.07, 6.45) is 0. The quantitative estimate of drug-likeness (QED) is 0.280. The van der Waals surface area contributed by atoms with Crippen LogP contribution in [0.1, 0.15) is 5.37 Å². The third-order valence-electron chi connectivity index (χ3n) is 1.47. The summed E-state index contributed by atoms with van der Waals surface area (Å²) in [5.74, 6) is 0. The maximum Gasteiger partial charge on any atom is 0.334 e. The fourth-order valence-electron chi connectivity index (χ4n) is 0.834. The number of H-pyrrole nitrogens is 2. The van der Waals surface area contributed by atoms with Gasteiger partial charge in [0.1, 0.15) is 5.37 Å². The van der Waals surface area contributed by atoms with Crippen molar-refractivity contribution in [3.8, 4) is 0 Å². The van der Waals surface area contributed by atoms with Crippen LogP contribution in [0.15, 0.2) is 14.4 Å². The Kier molecular flexibility index (Phi) is 3.43. The summed E-state index contributed by atoms with van der Waals surface area (Å²) in [6, 6.07) is 0. The fourth-order valence-corrected chi connectivity index (χ4v) is 1.27. The molecular formula is C5H7N3O4S3. The Labute approximate surface area is 98.8 Å². The molecular weight excluding hydrogens is 262 g/mol. The van der Waals surface area contributed by atoms with Crippen molar-refractivity contribution in [1.82, 2.24) is 14.5 Å². The molecule has 0 bridgehead atoms. The molecule has 3 N–H and O–H groups in total. The summed E-state index contributed by atoms with van der Waals surface area (Å²) in [5, 5.41) is 7.98. The fraction of sp³-hybridized carbons (Fsp3) is 0.400. The zero-order valence-electron chi connectivity index (χ0n) is 7.04. The number of rotatable bonds is 2. The van der Waals surface area contributed by atoms with E-state index in [4.69, 9.17) is 0 Å². The minimum Gasteiger partial charge on any atom is -0.368 e. The highest BCUT2D eigenvalue weighted by Gasteiger charge is 2.30. The van der Waals surface area contributed by atoms with Gasteiger partial charge in [0.2, 0.25) is 0 Å². The lowest BCUT2D eigenvalue weighted by Gasteiger charge is -2.23. The number of aromatic amines is 2. The highest BCUT2D eigenvalue weighted by atomic mass is 32.2. The predicted molar refractivity (Wildman–Crippen MR) is 62.9 cm³/mol. The van der Waals surface area contributed by atoms with Gasteiger partial charge in [-0.05, 0) is 0 Å². The summed E-state index contributed by atoms with van der Waals surface area (Å²) in [6.45, 7) is 0. The number of aliphatic hydroxyl groups is 1. The zero-order chi connectivity index (χ0) is 11.8. The lowest BCUT2D eigenvalue weighted by Crippen LogP contribution is -2.47. The Morgan fingerprint density at radius 2 is 1.60 bits per heavy atom. The maximum absolute atomic E-state index is 11.2. The van der Waals surface area contributed by atoms with Crippen molar-refractivity contribution in [1.29, 1.82) is 0 Å². The van der Waals surface area contributed by atoms with Crippen LogP contribution >= 0.6 is 37.9 Å². The smallest absolute Gasteiger partial charge is 0.334 e. The van der Waals surface area contributed by atoms with E-state index >= 15 is 0 Å². The van der Waals surface area contributed by atoms with Crippen molar-refractivity contribution in [2.75, 3.05) is 0 Å². The van der Waals surface area contributed by atoms with Gasteiger partial charge in [0, 0.05) is 0 Å². The molecule has 1 aromatic rings. The largest absolute Gasteiger partial charge is 0.368 e. The second-order valence-corrected chi connectivity index (χ2v) is 4.83. The van der Waals surface area contributed by atoms with Gasteiger partial charge < -0.3 is 5.11 Å². The molecule has 0 fully saturated rings. The van der Waals surface area contributed by atoms with Crippen LogP contribution in [-0.2, 0) is 0 Å². The Hall–Kier alpha value is -0.580. The van der Waals surface area contributed by atoms with Crippen molar-refractivity contribution >= 4 is 37.9 Å². The first-order valence-electron chi connectivity index (χ1n) is 3.54. The first kappa shape index (κ1) is 12.5. The van der Waals surface area contributed by atoms with E-state index in [1.165, 1.54) is 0 Å². The molecule has 7 nitrogen and oxygen atoms in total. The molecule has 10 heteroatoms. The van der Waals surface area contributed by atoms with Crippen LogP contribution in [0, 0.1) is 0 Å². The average molecular weight is 269 g/mol. The third-order valence-corrected chi connectivity index (χ3v) is 2.97.